The fourth-order valence-electron chi connectivity index (χ4n) is 4.61. The van der Waals surface area contributed by atoms with E-state index in [1.54, 1.807) is 0 Å². The molecule has 1 N–H and O–H groups in total. The highest BCUT2D eigenvalue weighted by molar-refractivity contribution is 5.84. The Morgan fingerprint density at radius 3 is 2.72 bits per heavy atom. The number of hydrogen-bond donors (Lipinski definition) is 1. The zero-order valence-electron chi connectivity index (χ0n) is 17.6. The van der Waals surface area contributed by atoms with Crippen molar-refractivity contribution in [3.8, 4) is 5.75 Å². The molecule has 1 saturated heterocycles. The Bertz CT molecular complexity index is 934. The maximum atomic E-state index is 12.5. The van der Waals surface area contributed by atoms with Crippen molar-refractivity contribution in [3.63, 3.8) is 0 Å². The van der Waals surface area contributed by atoms with Gasteiger partial charge in [0.05, 0.1) is 6.61 Å². The van der Waals surface area contributed by atoms with Crippen LogP contribution in [0.2, 0.25) is 0 Å². The van der Waals surface area contributed by atoms with Gasteiger partial charge < -0.3 is 15.0 Å². The summed E-state index contributed by atoms with van der Waals surface area (Å²) >= 11 is 0. The SMILES string of the molecule is CCCCOc1ccccc1/C=C/[C@]12NC(=O)CCN1c1ccccc1C2(C)C. The molecule has 29 heavy (non-hydrogen) atoms. The number of carbonyl (C=O) groups is 1. The lowest BCUT2D eigenvalue weighted by Gasteiger charge is -2.49. The van der Waals surface area contributed by atoms with Gasteiger partial charge in [-0.2, -0.15) is 0 Å². The molecule has 0 spiro atoms. The van der Waals surface area contributed by atoms with Crippen molar-refractivity contribution < 1.29 is 9.53 Å². The molecule has 0 aliphatic carbocycles. The van der Waals surface area contributed by atoms with Crippen LogP contribution in [-0.4, -0.2) is 24.7 Å². The van der Waals surface area contributed by atoms with Crippen molar-refractivity contribution in [1.29, 1.82) is 0 Å². The predicted octanol–water partition coefficient (Wildman–Crippen LogP) is 4.89. The van der Waals surface area contributed by atoms with E-state index in [2.05, 4.69) is 73.5 Å². The van der Waals surface area contributed by atoms with Gasteiger partial charge in [-0.05, 0) is 30.2 Å². The monoisotopic (exact) mass is 390 g/mol. The number of nitrogens with one attached hydrogen (secondary N) is 1. The van der Waals surface area contributed by atoms with Gasteiger partial charge in [-0.3, -0.25) is 4.79 Å². The maximum Gasteiger partial charge on any atom is 0.223 e. The molecule has 1 atom stereocenters. The molecule has 0 saturated carbocycles. The van der Waals surface area contributed by atoms with Crippen molar-refractivity contribution >= 4 is 17.7 Å². The molecule has 4 rings (SSSR count). The van der Waals surface area contributed by atoms with E-state index >= 15 is 0 Å². The van der Waals surface area contributed by atoms with Crippen LogP contribution in [0.3, 0.4) is 0 Å². The van der Waals surface area contributed by atoms with E-state index in [4.69, 9.17) is 4.74 Å². The summed E-state index contributed by atoms with van der Waals surface area (Å²) in [7, 11) is 0. The number of rotatable bonds is 6. The molecule has 2 heterocycles. The van der Waals surface area contributed by atoms with Gasteiger partial charge in [0, 0.05) is 29.6 Å². The number of fused-ring (bicyclic) bond motifs is 3. The quantitative estimate of drug-likeness (QED) is 0.714. The van der Waals surface area contributed by atoms with E-state index in [0.717, 1.165) is 24.2 Å². The first-order valence-electron chi connectivity index (χ1n) is 10.6. The fraction of sp³-hybridized carbons (Fsp3) is 0.400. The van der Waals surface area contributed by atoms with E-state index in [-0.39, 0.29) is 11.3 Å². The first-order chi connectivity index (χ1) is 14.0. The molecule has 1 fully saturated rings. The third kappa shape index (κ3) is 3.21. The Morgan fingerprint density at radius 1 is 1.14 bits per heavy atom. The predicted molar refractivity (Wildman–Crippen MR) is 118 cm³/mol. The highest BCUT2D eigenvalue weighted by Gasteiger charge is 2.57. The van der Waals surface area contributed by atoms with Gasteiger partial charge in [0.1, 0.15) is 11.4 Å². The third-order valence-electron chi connectivity index (χ3n) is 6.32. The molecule has 4 nitrogen and oxygen atoms in total. The number of benzene rings is 2. The number of amides is 1. The highest BCUT2D eigenvalue weighted by Crippen LogP contribution is 2.52. The fourth-order valence-corrected chi connectivity index (χ4v) is 4.61. The lowest BCUT2D eigenvalue weighted by molar-refractivity contribution is -0.124. The second-order valence-corrected chi connectivity index (χ2v) is 8.43. The molecule has 1 amide bonds. The Kier molecular flexibility index (Phi) is 5.12. The van der Waals surface area contributed by atoms with Crippen molar-refractivity contribution in [1.82, 2.24) is 5.32 Å². The Balaban J connectivity index is 1.74. The van der Waals surface area contributed by atoms with Crippen LogP contribution in [0.25, 0.3) is 6.08 Å². The first-order valence-corrected chi connectivity index (χ1v) is 10.6. The Morgan fingerprint density at radius 2 is 1.90 bits per heavy atom. The van der Waals surface area contributed by atoms with E-state index < -0.39 is 5.66 Å². The average Bonchev–Trinajstić information content (AvgIpc) is 2.91. The van der Waals surface area contributed by atoms with Gasteiger partial charge >= 0.3 is 0 Å². The van der Waals surface area contributed by atoms with Gasteiger partial charge in [-0.25, -0.2) is 0 Å². The molecule has 0 aromatic heterocycles. The second kappa shape index (κ2) is 7.58. The number of anilines is 1. The molecule has 2 aromatic carbocycles. The van der Waals surface area contributed by atoms with Crippen LogP contribution in [-0.2, 0) is 10.2 Å². The molecule has 0 bridgehead atoms. The summed E-state index contributed by atoms with van der Waals surface area (Å²) in [4.78, 5) is 14.9. The minimum absolute atomic E-state index is 0.0965. The number of nitrogens with zero attached hydrogens (tertiary/aromatic N) is 1. The summed E-state index contributed by atoms with van der Waals surface area (Å²) in [5.41, 5.74) is 2.63. The number of unbranched alkanes of at least 4 members (excludes halogenated alkanes) is 1. The van der Waals surface area contributed by atoms with E-state index in [9.17, 15) is 4.79 Å². The van der Waals surface area contributed by atoms with Gasteiger partial charge in [-0.15, -0.1) is 0 Å². The molecule has 0 unspecified atom stereocenters. The second-order valence-electron chi connectivity index (χ2n) is 8.43. The summed E-state index contributed by atoms with van der Waals surface area (Å²) in [6, 6.07) is 16.6. The Hall–Kier alpha value is -2.75. The molecule has 2 aromatic rings. The largest absolute Gasteiger partial charge is 0.493 e. The van der Waals surface area contributed by atoms with Gasteiger partial charge in [0.25, 0.3) is 0 Å². The van der Waals surface area contributed by atoms with Crippen LogP contribution in [0.15, 0.2) is 54.6 Å². The maximum absolute atomic E-state index is 12.5. The lowest BCUT2D eigenvalue weighted by atomic mass is 9.74. The van der Waals surface area contributed by atoms with Crippen LogP contribution in [0, 0.1) is 0 Å². The summed E-state index contributed by atoms with van der Waals surface area (Å²) in [6.07, 6.45) is 6.92. The van der Waals surface area contributed by atoms with Gasteiger partial charge in [-0.1, -0.05) is 69.7 Å². The first kappa shape index (κ1) is 19.6. The van der Waals surface area contributed by atoms with Crippen LogP contribution in [0.5, 0.6) is 5.75 Å². The molecule has 2 aliphatic heterocycles. The van der Waals surface area contributed by atoms with Crippen LogP contribution >= 0.6 is 0 Å². The van der Waals surface area contributed by atoms with Gasteiger partial charge in [0.15, 0.2) is 0 Å². The standard InChI is InChI=1S/C25H30N2O2/c1-4-5-18-29-22-13-9-6-10-19(22)14-16-25-24(2,3)20-11-7-8-12-21(20)27(25)17-15-23(28)26-25/h6-14,16H,4-5,15,17-18H2,1-3H3,(H,26,28)/b16-14+/t25-/m0/s1. The molecule has 4 heteroatoms. The zero-order chi connectivity index (χ0) is 20.5. The summed E-state index contributed by atoms with van der Waals surface area (Å²) < 4.78 is 6.01. The number of carbonyl (C=O) groups excluding carboxylic acids is 1. The average molecular weight is 391 g/mol. The summed E-state index contributed by atoms with van der Waals surface area (Å²) in [6.45, 7) is 8.02. The molecule has 152 valence electrons. The zero-order valence-corrected chi connectivity index (χ0v) is 17.6. The van der Waals surface area contributed by atoms with Crippen molar-refractivity contribution in [2.24, 2.45) is 0 Å². The van der Waals surface area contributed by atoms with Crippen LogP contribution in [0.4, 0.5) is 5.69 Å². The molecule has 2 aliphatic rings. The van der Waals surface area contributed by atoms with Crippen LogP contribution < -0.4 is 15.0 Å². The topological polar surface area (TPSA) is 41.6 Å². The lowest BCUT2D eigenvalue weighted by Crippen LogP contribution is -2.68. The van der Waals surface area contributed by atoms with E-state index in [0.29, 0.717) is 19.6 Å². The van der Waals surface area contributed by atoms with Crippen LogP contribution in [0.1, 0.15) is 51.2 Å². The van der Waals surface area contributed by atoms with Crippen molar-refractivity contribution in [3.05, 3.63) is 65.7 Å². The van der Waals surface area contributed by atoms with Crippen molar-refractivity contribution in [2.45, 2.75) is 51.1 Å². The third-order valence-corrected chi connectivity index (χ3v) is 6.32. The summed E-state index contributed by atoms with van der Waals surface area (Å²) in [5, 5.41) is 3.33. The number of para-hydroxylation sites is 2. The number of hydrogen-bond acceptors (Lipinski definition) is 3. The minimum Gasteiger partial charge on any atom is -0.493 e. The van der Waals surface area contributed by atoms with E-state index in [1.807, 2.05) is 18.2 Å². The smallest absolute Gasteiger partial charge is 0.223 e. The highest BCUT2D eigenvalue weighted by atomic mass is 16.5. The molecular formula is C25H30N2O2. The minimum atomic E-state index is -0.595. The molecule has 0 radical (unpaired) electrons. The van der Waals surface area contributed by atoms with Gasteiger partial charge in [0.2, 0.25) is 5.91 Å². The molecular weight excluding hydrogens is 360 g/mol. The van der Waals surface area contributed by atoms with E-state index in [1.165, 1.54) is 11.3 Å². The summed E-state index contributed by atoms with van der Waals surface area (Å²) in [5.74, 6) is 0.981. The van der Waals surface area contributed by atoms with Crippen molar-refractivity contribution in [2.75, 3.05) is 18.1 Å². The normalized spacial score (nSPS) is 22.3. The Labute approximate surface area is 173 Å². The number of ether oxygens (including phenoxy) is 1.